The SMILES string of the molecule is CN1C(=O)CCc2cc(CCNCS)ccc21. The lowest BCUT2D eigenvalue weighted by Gasteiger charge is -2.26. The van der Waals surface area contributed by atoms with Crippen molar-refractivity contribution in [1.29, 1.82) is 0 Å². The van der Waals surface area contributed by atoms with Gasteiger partial charge < -0.3 is 10.2 Å². The summed E-state index contributed by atoms with van der Waals surface area (Å²) in [6, 6.07) is 6.38. The van der Waals surface area contributed by atoms with E-state index in [1.54, 1.807) is 4.90 Å². The normalized spacial score (nSPS) is 14.9. The van der Waals surface area contributed by atoms with Gasteiger partial charge in [0, 0.05) is 25.0 Å². The fraction of sp³-hybridized carbons (Fsp3) is 0.462. The Labute approximate surface area is 108 Å². The molecule has 1 aromatic carbocycles. The first kappa shape index (κ1) is 12.5. The second-order valence-electron chi connectivity index (χ2n) is 4.32. The van der Waals surface area contributed by atoms with Crippen molar-refractivity contribution in [3.8, 4) is 0 Å². The number of hydrogen-bond acceptors (Lipinski definition) is 3. The van der Waals surface area contributed by atoms with Crippen LogP contribution in [0.5, 0.6) is 0 Å². The first-order chi connectivity index (χ1) is 8.22. The molecule has 0 bridgehead atoms. The Bertz CT molecular complexity index is 420. The van der Waals surface area contributed by atoms with Crippen molar-refractivity contribution in [3.05, 3.63) is 29.3 Å². The minimum atomic E-state index is 0.210. The van der Waals surface area contributed by atoms with Gasteiger partial charge in [0.2, 0.25) is 5.91 Å². The van der Waals surface area contributed by atoms with Crippen LogP contribution in [0.25, 0.3) is 0 Å². The molecule has 0 saturated heterocycles. The van der Waals surface area contributed by atoms with Crippen LogP contribution in [0.1, 0.15) is 17.5 Å². The van der Waals surface area contributed by atoms with Gasteiger partial charge in [-0.1, -0.05) is 12.1 Å². The Kier molecular flexibility index (Phi) is 4.07. The number of carbonyl (C=O) groups excluding carboxylic acids is 1. The third kappa shape index (κ3) is 2.82. The predicted molar refractivity (Wildman–Crippen MR) is 73.7 cm³/mol. The Morgan fingerprint density at radius 2 is 2.24 bits per heavy atom. The van der Waals surface area contributed by atoms with E-state index in [-0.39, 0.29) is 5.91 Å². The Hall–Kier alpha value is -1.00. The van der Waals surface area contributed by atoms with E-state index in [1.165, 1.54) is 11.1 Å². The van der Waals surface area contributed by atoms with Crippen LogP contribution in [-0.4, -0.2) is 25.4 Å². The standard InChI is InChI=1S/C13H18N2OS/c1-15-12-4-2-10(6-7-14-9-17)8-11(12)3-5-13(15)16/h2,4,8,14,17H,3,5-7,9H2,1H3. The molecule has 0 aromatic heterocycles. The zero-order valence-corrected chi connectivity index (χ0v) is 11.0. The molecule has 2 rings (SSSR count). The van der Waals surface area contributed by atoms with Gasteiger partial charge in [0.05, 0.1) is 0 Å². The summed E-state index contributed by atoms with van der Waals surface area (Å²) in [7, 11) is 1.85. The first-order valence-corrected chi connectivity index (χ1v) is 6.55. The molecule has 0 saturated carbocycles. The molecule has 17 heavy (non-hydrogen) atoms. The van der Waals surface area contributed by atoms with Crippen molar-refractivity contribution >= 4 is 24.2 Å². The zero-order chi connectivity index (χ0) is 12.3. The number of aryl methyl sites for hydroxylation is 1. The summed E-state index contributed by atoms with van der Waals surface area (Å²) in [5, 5.41) is 3.19. The van der Waals surface area contributed by atoms with E-state index >= 15 is 0 Å². The van der Waals surface area contributed by atoms with E-state index in [2.05, 4.69) is 36.1 Å². The maximum absolute atomic E-state index is 11.6. The molecule has 1 aliphatic heterocycles. The quantitative estimate of drug-likeness (QED) is 0.483. The number of benzene rings is 1. The van der Waals surface area contributed by atoms with Gasteiger partial charge in [0.25, 0.3) is 0 Å². The van der Waals surface area contributed by atoms with Crippen molar-refractivity contribution in [2.24, 2.45) is 0 Å². The fourth-order valence-corrected chi connectivity index (χ4v) is 2.34. The molecule has 1 amide bonds. The second-order valence-corrected chi connectivity index (χ2v) is 4.64. The zero-order valence-electron chi connectivity index (χ0n) is 10.1. The molecule has 1 aliphatic rings. The van der Waals surface area contributed by atoms with E-state index in [0.717, 1.165) is 25.1 Å². The van der Waals surface area contributed by atoms with Gasteiger partial charge in [-0.3, -0.25) is 4.79 Å². The molecule has 1 N–H and O–H groups in total. The monoisotopic (exact) mass is 250 g/mol. The van der Waals surface area contributed by atoms with Gasteiger partial charge in [-0.05, 0) is 36.6 Å². The van der Waals surface area contributed by atoms with Crippen LogP contribution < -0.4 is 10.2 Å². The average Bonchev–Trinajstić information content (AvgIpc) is 2.34. The molecular formula is C13H18N2OS. The largest absolute Gasteiger partial charge is 0.315 e. The Balaban J connectivity index is 2.12. The number of hydrogen-bond donors (Lipinski definition) is 2. The summed E-state index contributed by atoms with van der Waals surface area (Å²) < 4.78 is 0. The van der Waals surface area contributed by atoms with E-state index < -0.39 is 0 Å². The Morgan fingerprint density at radius 1 is 1.41 bits per heavy atom. The molecule has 0 atom stereocenters. The molecule has 0 spiro atoms. The van der Waals surface area contributed by atoms with E-state index in [9.17, 15) is 4.79 Å². The summed E-state index contributed by atoms with van der Waals surface area (Å²) in [5.41, 5.74) is 3.67. The molecule has 1 heterocycles. The van der Waals surface area contributed by atoms with Crippen molar-refractivity contribution in [3.63, 3.8) is 0 Å². The summed E-state index contributed by atoms with van der Waals surface area (Å²) in [4.78, 5) is 13.3. The highest BCUT2D eigenvalue weighted by atomic mass is 32.1. The summed E-state index contributed by atoms with van der Waals surface area (Å²) >= 11 is 4.11. The minimum Gasteiger partial charge on any atom is -0.315 e. The maximum Gasteiger partial charge on any atom is 0.227 e. The van der Waals surface area contributed by atoms with Crippen molar-refractivity contribution in [2.75, 3.05) is 24.4 Å². The van der Waals surface area contributed by atoms with Crippen molar-refractivity contribution in [2.45, 2.75) is 19.3 Å². The molecule has 0 unspecified atom stereocenters. The van der Waals surface area contributed by atoms with Gasteiger partial charge in [-0.2, -0.15) is 12.6 Å². The number of amides is 1. The highest BCUT2D eigenvalue weighted by Crippen LogP contribution is 2.27. The summed E-state index contributed by atoms with van der Waals surface area (Å²) in [5.74, 6) is 0.921. The van der Waals surface area contributed by atoms with Crippen LogP contribution in [0.4, 0.5) is 5.69 Å². The number of anilines is 1. The maximum atomic E-state index is 11.6. The summed E-state index contributed by atoms with van der Waals surface area (Å²) in [6.45, 7) is 0.942. The van der Waals surface area contributed by atoms with E-state index in [1.807, 2.05) is 7.05 Å². The molecule has 3 nitrogen and oxygen atoms in total. The smallest absolute Gasteiger partial charge is 0.227 e. The van der Waals surface area contributed by atoms with Gasteiger partial charge >= 0.3 is 0 Å². The molecule has 4 heteroatoms. The fourth-order valence-electron chi connectivity index (χ4n) is 2.18. The molecule has 0 aliphatic carbocycles. The third-order valence-electron chi connectivity index (χ3n) is 3.19. The van der Waals surface area contributed by atoms with Crippen LogP contribution in [-0.2, 0) is 17.6 Å². The van der Waals surface area contributed by atoms with Gasteiger partial charge in [0.15, 0.2) is 0 Å². The predicted octanol–water partition coefficient (Wildman–Crippen LogP) is 1.61. The Morgan fingerprint density at radius 3 is 3.00 bits per heavy atom. The molecule has 92 valence electrons. The van der Waals surface area contributed by atoms with E-state index in [0.29, 0.717) is 12.3 Å². The molecule has 0 radical (unpaired) electrons. The molecule has 1 aromatic rings. The van der Waals surface area contributed by atoms with Crippen LogP contribution in [0, 0.1) is 0 Å². The highest BCUT2D eigenvalue weighted by molar-refractivity contribution is 7.80. The number of nitrogens with zero attached hydrogens (tertiary/aromatic N) is 1. The molecular weight excluding hydrogens is 232 g/mol. The minimum absolute atomic E-state index is 0.210. The summed E-state index contributed by atoms with van der Waals surface area (Å²) in [6.07, 6.45) is 2.50. The van der Waals surface area contributed by atoms with Crippen molar-refractivity contribution < 1.29 is 4.79 Å². The van der Waals surface area contributed by atoms with Gasteiger partial charge in [-0.15, -0.1) is 0 Å². The van der Waals surface area contributed by atoms with Crippen LogP contribution >= 0.6 is 12.6 Å². The number of rotatable bonds is 4. The van der Waals surface area contributed by atoms with Crippen LogP contribution in [0.3, 0.4) is 0 Å². The number of fused-ring (bicyclic) bond motifs is 1. The number of thiol groups is 1. The lowest BCUT2D eigenvalue weighted by molar-refractivity contribution is -0.118. The van der Waals surface area contributed by atoms with Crippen LogP contribution in [0.15, 0.2) is 18.2 Å². The number of nitrogens with one attached hydrogen (secondary N) is 1. The second kappa shape index (κ2) is 5.56. The lowest BCUT2D eigenvalue weighted by Crippen LogP contribution is -2.31. The van der Waals surface area contributed by atoms with Crippen molar-refractivity contribution in [1.82, 2.24) is 5.32 Å². The third-order valence-corrected chi connectivity index (χ3v) is 3.41. The highest BCUT2D eigenvalue weighted by Gasteiger charge is 2.20. The number of carbonyl (C=O) groups is 1. The van der Waals surface area contributed by atoms with Gasteiger partial charge in [0.1, 0.15) is 0 Å². The van der Waals surface area contributed by atoms with Gasteiger partial charge in [-0.25, -0.2) is 0 Å². The lowest BCUT2D eigenvalue weighted by atomic mass is 9.98. The topological polar surface area (TPSA) is 32.3 Å². The molecule has 0 fully saturated rings. The average molecular weight is 250 g/mol. The van der Waals surface area contributed by atoms with E-state index in [4.69, 9.17) is 0 Å². The first-order valence-electron chi connectivity index (χ1n) is 5.92. The van der Waals surface area contributed by atoms with Crippen LogP contribution in [0.2, 0.25) is 0 Å².